The second-order valence-electron chi connectivity index (χ2n) is 5.39. The molecule has 2 rings (SSSR count). The number of nitrogens with one attached hydrogen (secondary N) is 1. The molecule has 0 bridgehead atoms. The molecule has 0 radical (unpaired) electrons. The molecular weight excluding hydrogens is 265 g/mol. The number of hydrogen-bond donors (Lipinski definition) is 1. The molecule has 1 aromatic carbocycles. The van der Waals surface area contributed by atoms with Gasteiger partial charge in [-0.1, -0.05) is 39.3 Å². The van der Waals surface area contributed by atoms with Gasteiger partial charge in [0.05, 0.1) is 11.6 Å². The van der Waals surface area contributed by atoms with Crippen LogP contribution >= 0.6 is 11.6 Å². The van der Waals surface area contributed by atoms with Gasteiger partial charge < -0.3 is 9.73 Å². The fourth-order valence-electron chi connectivity index (χ4n) is 2.25. The molecule has 104 valence electrons. The monoisotopic (exact) mass is 283 g/mol. The summed E-state index contributed by atoms with van der Waals surface area (Å²) in [6, 6.07) is 3.15. The van der Waals surface area contributed by atoms with Crippen molar-refractivity contribution in [2.24, 2.45) is 0 Å². The van der Waals surface area contributed by atoms with Crippen LogP contribution in [0.4, 0.5) is 4.39 Å². The molecule has 1 N–H and O–H groups in total. The molecule has 19 heavy (non-hydrogen) atoms. The SMILES string of the molecule is CC(C)NCc1oc2c(Cl)cc(F)cc2c1C(C)C. The molecule has 0 spiro atoms. The van der Waals surface area contributed by atoms with Crippen molar-refractivity contribution in [2.75, 3.05) is 0 Å². The van der Waals surface area contributed by atoms with E-state index in [9.17, 15) is 4.39 Å². The Labute approximate surface area is 117 Å². The first kappa shape index (κ1) is 14.4. The molecule has 1 heterocycles. The first-order chi connectivity index (χ1) is 8.90. The molecule has 2 aromatic rings. The highest BCUT2D eigenvalue weighted by atomic mass is 35.5. The van der Waals surface area contributed by atoms with Gasteiger partial charge in [0.1, 0.15) is 11.6 Å². The molecule has 0 aliphatic rings. The third kappa shape index (κ3) is 2.93. The van der Waals surface area contributed by atoms with Gasteiger partial charge in [0, 0.05) is 17.0 Å². The lowest BCUT2D eigenvalue weighted by Crippen LogP contribution is -2.22. The Kier molecular flexibility index (Phi) is 4.16. The van der Waals surface area contributed by atoms with Crippen molar-refractivity contribution < 1.29 is 8.81 Å². The number of furan rings is 1. The minimum absolute atomic E-state index is 0.253. The molecule has 0 unspecified atom stereocenters. The Balaban J connectivity index is 2.57. The number of rotatable bonds is 4. The van der Waals surface area contributed by atoms with E-state index in [4.69, 9.17) is 16.0 Å². The smallest absolute Gasteiger partial charge is 0.153 e. The Hall–Kier alpha value is -1.06. The van der Waals surface area contributed by atoms with Gasteiger partial charge in [-0.15, -0.1) is 0 Å². The summed E-state index contributed by atoms with van der Waals surface area (Å²) in [5.41, 5.74) is 1.61. The highest BCUT2D eigenvalue weighted by Gasteiger charge is 2.19. The lowest BCUT2D eigenvalue weighted by molar-refractivity contribution is 0.480. The molecular formula is C15H19ClFNO. The van der Waals surface area contributed by atoms with Crippen LogP contribution in [0.5, 0.6) is 0 Å². The zero-order valence-electron chi connectivity index (χ0n) is 11.7. The summed E-state index contributed by atoms with van der Waals surface area (Å²) in [5, 5.41) is 4.43. The van der Waals surface area contributed by atoms with Crippen LogP contribution in [0, 0.1) is 5.82 Å². The average Bonchev–Trinajstić information content (AvgIpc) is 2.64. The number of hydrogen-bond acceptors (Lipinski definition) is 2. The summed E-state index contributed by atoms with van der Waals surface area (Å²) >= 11 is 6.06. The largest absolute Gasteiger partial charge is 0.458 e. The minimum atomic E-state index is -0.330. The van der Waals surface area contributed by atoms with Crippen molar-refractivity contribution in [3.8, 4) is 0 Å². The molecule has 0 fully saturated rings. The van der Waals surface area contributed by atoms with Gasteiger partial charge in [0.25, 0.3) is 0 Å². The summed E-state index contributed by atoms with van der Waals surface area (Å²) in [7, 11) is 0. The molecule has 0 saturated heterocycles. The lowest BCUT2D eigenvalue weighted by Gasteiger charge is -2.09. The normalized spacial score (nSPS) is 12.0. The highest BCUT2D eigenvalue weighted by molar-refractivity contribution is 6.35. The van der Waals surface area contributed by atoms with Gasteiger partial charge in [0.15, 0.2) is 5.58 Å². The second-order valence-corrected chi connectivity index (χ2v) is 5.80. The van der Waals surface area contributed by atoms with Crippen LogP contribution in [0.25, 0.3) is 11.0 Å². The quantitative estimate of drug-likeness (QED) is 0.868. The van der Waals surface area contributed by atoms with E-state index in [0.717, 1.165) is 16.7 Å². The van der Waals surface area contributed by atoms with Crippen molar-refractivity contribution in [3.05, 3.63) is 34.3 Å². The van der Waals surface area contributed by atoms with E-state index in [1.807, 2.05) is 0 Å². The van der Waals surface area contributed by atoms with Crippen LogP contribution in [0.3, 0.4) is 0 Å². The Bertz CT molecular complexity index is 589. The van der Waals surface area contributed by atoms with E-state index in [-0.39, 0.29) is 11.7 Å². The molecule has 1 aromatic heterocycles. The van der Waals surface area contributed by atoms with E-state index in [1.165, 1.54) is 12.1 Å². The molecule has 0 saturated carbocycles. The van der Waals surface area contributed by atoms with Gasteiger partial charge in [0.2, 0.25) is 0 Å². The summed E-state index contributed by atoms with van der Waals surface area (Å²) < 4.78 is 19.4. The minimum Gasteiger partial charge on any atom is -0.458 e. The third-order valence-corrected chi connectivity index (χ3v) is 3.35. The van der Waals surface area contributed by atoms with E-state index in [0.29, 0.717) is 23.2 Å². The fraction of sp³-hybridized carbons (Fsp3) is 0.467. The maximum Gasteiger partial charge on any atom is 0.153 e. The van der Waals surface area contributed by atoms with Crippen LogP contribution in [-0.2, 0) is 6.54 Å². The number of fused-ring (bicyclic) bond motifs is 1. The Morgan fingerprint density at radius 2 is 1.95 bits per heavy atom. The molecule has 0 atom stereocenters. The molecule has 4 heteroatoms. The van der Waals surface area contributed by atoms with Crippen molar-refractivity contribution in [2.45, 2.75) is 46.2 Å². The Morgan fingerprint density at radius 1 is 1.26 bits per heavy atom. The van der Waals surface area contributed by atoms with Gasteiger partial charge in [-0.2, -0.15) is 0 Å². The standard InChI is InChI=1S/C15H19ClFNO/c1-8(2)14-11-5-10(17)6-12(16)15(11)19-13(14)7-18-9(3)4/h5-6,8-9,18H,7H2,1-4H3. The predicted molar refractivity (Wildman–Crippen MR) is 77.2 cm³/mol. The molecule has 0 aliphatic carbocycles. The van der Waals surface area contributed by atoms with Crippen LogP contribution in [0.2, 0.25) is 5.02 Å². The van der Waals surface area contributed by atoms with E-state index >= 15 is 0 Å². The van der Waals surface area contributed by atoms with Crippen LogP contribution < -0.4 is 5.32 Å². The van der Waals surface area contributed by atoms with Crippen LogP contribution in [0.15, 0.2) is 16.5 Å². The molecule has 0 amide bonds. The third-order valence-electron chi connectivity index (χ3n) is 3.07. The van der Waals surface area contributed by atoms with Crippen molar-refractivity contribution in [1.29, 1.82) is 0 Å². The van der Waals surface area contributed by atoms with E-state index in [2.05, 4.69) is 33.0 Å². The fourth-order valence-corrected chi connectivity index (χ4v) is 2.50. The van der Waals surface area contributed by atoms with Crippen LogP contribution in [0.1, 0.15) is 44.9 Å². The van der Waals surface area contributed by atoms with Crippen LogP contribution in [-0.4, -0.2) is 6.04 Å². The summed E-state index contributed by atoms with van der Waals surface area (Å²) in [6.45, 7) is 8.91. The van der Waals surface area contributed by atoms with Gasteiger partial charge in [-0.3, -0.25) is 0 Å². The first-order valence-electron chi connectivity index (χ1n) is 6.53. The first-order valence-corrected chi connectivity index (χ1v) is 6.91. The summed E-state index contributed by atoms with van der Waals surface area (Å²) in [5.74, 6) is 0.762. The van der Waals surface area contributed by atoms with Crippen molar-refractivity contribution in [1.82, 2.24) is 5.32 Å². The summed E-state index contributed by atoms with van der Waals surface area (Å²) in [4.78, 5) is 0. The Morgan fingerprint density at radius 3 is 2.53 bits per heavy atom. The second kappa shape index (κ2) is 5.51. The van der Waals surface area contributed by atoms with Gasteiger partial charge in [-0.05, 0) is 18.1 Å². The van der Waals surface area contributed by atoms with E-state index < -0.39 is 0 Å². The lowest BCUT2D eigenvalue weighted by atomic mass is 9.99. The van der Waals surface area contributed by atoms with E-state index in [1.54, 1.807) is 0 Å². The number of benzene rings is 1. The number of halogens is 2. The van der Waals surface area contributed by atoms with Crippen molar-refractivity contribution >= 4 is 22.6 Å². The average molecular weight is 284 g/mol. The molecule has 2 nitrogen and oxygen atoms in total. The molecule has 0 aliphatic heterocycles. The summed E-state index contributed by atoms with van der Waals surface area (Å²) in [6.07, 6.45) is 0. The van der Waals surface area contributed by atoms with Gasteiger partial charge >= 0.3 is 0 Å². The maximum absolute atomic E-state index is 13.5. The van der Waals surface area contributed by atoms with Gasteiger partial charge in [-0.25, -0.2) is 4.39 Å². The maximum atomic E-state index is 13.5. The zero-order chi connectivity index (χ0) is 14.2. The topological polar surface area (TPSA) is 25.2 Å². The zero-order valence-corrected chi connectivity index (χ0v) is 12.4. The van der Waals surface area contributed by atoms with Crippen molar-refractivity contribution in [3.63, 3.8) is 0 Å². The predicted octanol–water partition coefficient (Wildman–Crippen LogP) is 4.85. The highest BCUT2D eigenvalue weighted by Crippen LogP contribution is 2.36.